The molecule has 1 amide bonds. The first-order valence-corrected chi connectivity index (χ1v) is 6.45. The normalized spacial score (nSPS) is 21.1. The fourth-order valence-electron chi connectivity index (χ4n) is 2.11. The third kappa shape index (κ3) is 2.65. The summed E-state index contributed by atoms with van der Waals surface area (Å²) in [6.07, 6.45) is 8.02. The SMILES string of the molecule is CC1CC1C(=O)NCc1ccnc(-n2ccnc2)c1. The van der Waals surface area contributed by atoms with Crippen LogP contribution in [-0.4, -0.2) is 20.4 Å². The van der Waals surface area contributed by atoms with Crippen LogP contribution in [0.25, 0.3) is 5.82 Å². The Hall–Kier alpha value is -2.17. The Bertz CT molecular complexity index is 579. The quantitative estimate of drug-likeness (QED) is 0.902. The van der Waals surface area contributed by atoms with E-state index in [2.05, 4.69) is 22.2 Å². The maximum absolute atomic E-state index is 11.8. The van der Waals surface area contributed by atoms with Crippen molar-refractivity contribution in [3.05, 3.63) is 42.6 Å². The van der Waals surface area contributed by atoms with Gasteiger partial charge in [-0.15, -0.1) is 0 Å². The molecule has 3 rings (SSSR count). The van der Waals surface area contributed by atoms with E-state index < -0.39 is 0 Å². The van der Waals surface area contributed by atoms with Gasteiger partial charge in [-0.05, 0) is 30.0 Å². The average molecular weight is 256 g/mol. The van der Waals surface area contributed by atoms with Crippen molar-refractivity contribution in [1.82, 2.24) is 19.9 Å². The second kappa shape index (κ2) is 4.84. The Kier molecular flexibility index (Phi) is 3.03. The Morgan fingerprint density at radius 1 is 1.53 bits per heavy atom. The second-order valence-corrected chi connectivity index (χ2v) is 5.03. The van der Waals surface area contributed by atoms with E-state index in [9.17, 15) is 4.79 Å². The van der Waals surface area contributed by atoms with E-state index in [1.54, 1.807) is 18.7 Å². The number of carbonyl (C=O) groups is 1. The topological polar surface area (TPSA) is 59.8 Å². The minimum absolute atomic E-state index is 0.161. The first-order valence-electron chi connectivity index (χ1n) is 6.45. The van der Waals surface area contributed by atoms with Crippen molar-refractivity contribution >= 4 is 5.91 Å². The Labute approximate surface area is 111 Å². The monoisotopic (exact) mass is 256 g/mol. The lowest BCUT2D eigenvalue weighted by molar-refractivity contribution is -0.122. The third-order valence-electron chi connectivity index (χ3n) is 3.49. The van der Waals surface area contributed by atoms with Crippen LogP contribution in [0, 0.1) is 11.8 Å². The molecule has 1 fully saturated rings. The van der Waals surface area contributed by atoms with E-state index in [-0.39, 0.29) is 11.8 Å². The van der Waals surface area contributed by atoms with Crippen LogP contribution in [-0.2, 0) is 11.3 Å². The molecule has 1 aliphatic carbocycles. The van der Waals surface area contributed by atoms with Gasteiger partial charge < -0.3 is 5.32 Å². The predicted octanol–water partition coefficient (Wildman–Crippen LogP) is 1.54. The summed E-state index contributed by atoms with van der Waals surface area (Å²) in [5.41, 5.74) is 1.04. The number of aromatic nitrogens is 3. The number of amides is 1. The Morgan fingerprint density at radius 3 is 3.05 bits per heavy atom. The lowest BCUT2D eigenvalue weighted by Crippen LogP contribution is -2.24. The first-order chi connectivity index (χ1) is 9.24. The van der Waals surface area contributed by atoms with Gasteiger partial charge >= 0.3 is 0 Å². The van der Waals surface area contributed by atoms with Gasteiger partial charge in [0.1, 0.15) is 12.1 Å². The van der Waals surface area contributed by atoms with Crippen LogP contribution in [0.3, 0.4) is 0 Å². The van der Waals surface area contributed by atoms with Crippen molar-refractivity contribution in [2.45, 2.75) is 19.9 Å². The van der Waals surface area contributed by atoms with Gasteiger partial charge in [0, 0.05) is 31.1 Å². The van der Waals surface area contributed by atoms with Gasteiger partial charge in [0.2, 0.25) is 5.91 Å². The van der Waals surface area contributed by atoms with Crippen LogP contribution in [0.4, 0.5) is 0 Å². The van der Waals surface area contributed by atoms with Gasteiger partial charge in [0.15, 0.2) is 0 Å². The van der Waals surface area contributed by atoms with Crippen molar-refractivity contribution in [2.24, 2.45) is 11.8 Å². The molecule has 5 nitrogen and oxygen atoms in total. The molecule has 19 heavy (non-hydrogen) atoms. The molecule has 0 spiro atoms. The molecule has 0 bridgehead atoms. The molecule has 2 heterocycles. The zero-order chi connectivity index (χ0) is 13.2. The van der Waals surface area contributed by atoms with Crippen molar-refractivity contribution in [1.29, 1.82) is 0 Å². The van der Waals surface area contributed by atoms with Crippen molar-refractivity contribution in [3.63, 3.8) is 0 Å². The number of imidazole rings is 1. The van der Waals surface area contributed by atoms with Gasteiger partial charge in [0.05, 0.1) is 0 Å². The molecule has 1 N–H and O–H groups in total. The molecule has 1 aliphatic rings. The van der Waals surface area contributed by atoms with Crippen LogP contribution in [0.2, 0.25) is 0 Å². The predicted molar refractivity (Wildman–Crippen MR) is 70.5 cm³/mol. The second-order valence-electron chi connectivity index (χ2n) is 5.03. The molecule has 0 aromatic carbocycles. The molecular weight excluding hydrogens is 240 g/mol. The van der Waals surface area contributed by atoms with Crippen molar-refractivity contribution in [2.75, 3.05) is 0 Å². The standard InChI is InChI=1S/C14H16N4O/c1-10-6-12(10)14(19)17-8-11-2-3-16-13(7-11)18-5-4-15-9-18/h2-5,7,9-10,12H,6,8H2,1H3,(H,17,19). The number of hydrogen-bond donors (Lipinski definition) is 1. The average Bonchev–Trinajstić information content (AvgIpc) is 2.95. The summed E-state index contributed by atoms with van der Waals surface area (Å²) in [5.74, 6) is 1.73. The molecule has 2 unspecified atom stereocenters. The smallest absolute Gasteiger partial charge is 0.223 e. The molecule has 1 saturated carbocycles. The zero-order valence-corrected chi connectivity index (χ0v) is 10.8. The molecular formula is C14H16N4O. The van der Waals surface area contributed by atoms with Crippen LogP contribution >= 0.6 is 0 Å². The Balaban J connectivity index is 1.65. The Morgan fingerprint density at radius 2 is 2.37 bits per heavy atom. The maximum Gasteiger partial charge on any atom is 0.223 e. The van der Waals surface area contributed by atoms with Crippen LogP contribution in [0.1, 0.15) is 18.9 Å². The van der Waals surface area contributed by atoms with Crippen LogP contribution < -0.4 is 5.32 Å². The van der Waals surface area contributed by atoms with E-state index in [0.717, 1.165) is 17.8 Å². The van der Waals surface area contributed by atoms with E-state index >= 15 is 0 Å². The summed E-state index contributed by atoms with van der Waals surface area (Å²) in [4.78, 5) is 20.0. The number of nitrogens with one attached hydrogen (secondary N) is 1. The van der Waals surface area contributed by atoms with Gasteiger partial charge in [-0.1, -0.05) is 6.92 Å². The molecule has 98 valence electrons. The molecule has 0 saturated heterocycles. The van der Waals surface area contributed by atoms with Gasteiger partial charge in [-0.3, -0.25) is 9.36 Å². The lowest BCUT2D eigenvalue weighted by Gasteiger charge is -2.06. The maximum atomic E-state index is 11.8. The largest absolute Gasteiger partial charge is 0.352 e. The van der Waals surface area contributed by atoms with E-state index in [1.165, 1.54) is 0 Å². The molecule has 5 heteroatoms. The zero-order valence-electron chi connectivity index (χ0n) is 10.8. The molecule has 0 radical (unpaired) electrons. The molecule has 2 aromatic rings. The number of pyridine rings is 1. The fraction of sp³-hybridized carbons (Fsp3) is 0.357. The van der Waals surface area contributed by atoms with Gasteiger partial charge in [-0.2, -0.15) is 0 Å². The fourth-order valence-corrected chi connectivity index (χ4v) is 2.11. The minimum Gasteiger partial charge on any atom is -0.352 e. The number of nitrogens with zero attached hydrogens (tertiary/aromatic N) is 3. The summed E-state index contributed by atoms with van der Waals surface area (Å²) in [6.45, 7) is 2.65. The van der Waals surface area contributed by atoms with Crippen molar-refractivity contribution < 1.29 is 4.79 Å². The molecule has 2 atom stereocenters. The number of rotatable bonds is 4. The molecule has 2 aromatic heterocycles. The number of hydrogen-bond acceptors (Lipinski definition) is 3. The summed E-state index contributed by atoms with van der Waals surface area (Å²) >= 11 is 0. The lowest BCUT2D eigenvalue weighted by atomic mass is 10.2. The van der Waals surface area contributed by atoms with Crippen LogP contribution in [0.15, 0.2) is 37.1 Å². The summed E-state index contributed by atoms with van der Waals surface area (Å²) in [5, 5.41) is 2.97. The first kappa shape index (κ1) is 11.9. The van der Waals surface area contributed by atoms with Gasteiger partial charge in [-0.25, -0.2) is 9.97 Å². The highest BCUT2D eigenvalue weighted by Gasteiger charge is 2.38. The highest BCUT2D eigenvalue weighted by atomic mass is 16.2. The summed E-state index contributed by atoms with van der Waals surface area (Å²) < 4.78 is 1.84. The van der Waals surface area contributed by atoms with E-state index in [0.29, 0.717) is 12.5 Å². The summed E-state index contributed by atoms with van der Waals surface area (Å²) in [7, 11) is 0. The van der Waals surface area contributed by atoms with E-state index in [1.807, 2.05) is 22.9 Å². The summed E-state index contributed by atoms with van der Waals surface area (Å²) in [6, 6.07) is 3.87. The highest BCUT2D eigenvalue weighted by molar-refractivity contribution is 5.81. The third-order valence-corrected chi connectivity index (χ3v) is 3.49. The highest BCUT2D eigenvalue weighted by Crippen LogP contribution is 2.37. The number of carbonyl (C=O) groups excluding carboxylic acids is 1. The minimum atomic E-state index is 0.161. The molecule has 0 aliphatic heterocycles. The van der Waals surface area contributed by atoms with E-state index in [4.69, 9.17) is 0 Å². The van der Waals surface area contributed by atoms with Crippen LogP contribution in [0.5, 0.6) is 0 Å². The van der Waals surface area contributed by atoms with Crippen molar-refractivity contribution in [3.8, 4) is 5.82 Å². The van der Waals surface area contributed by atoms with Gasteiger partial charge in [0.25, 0.3) is 0 Å².